The van der Waals surface area contributed by atoms with Crippen molar-refractivity contribution in [2.24, 2.45) is 13.0 Å². The molecular weight excluding hydrogens is 466 g/mol. The van der Waals surface area contributed by atoms with Crippen LogP contribution in [0, 0.1) is 12.8 Å². The van der Waals surface area contributed by atoms with Crippen LogP contribution in [0.4, 0.5) is 0 Å². The van der Waals surface area contributed by atoms with E-state index >= 15 is 0 Å². The first kappa shape index (κ1) is 23.4. The number of fused-ring (bicyclic) bond motifs is 3. The molecule has 0 bridgehead atoms. The highest BCUT2D eigenvalue weighted by atomic mass is 16.5. The second-order valence-corrected chi connectivity index (χ2v) is 9.61. The summed E-state index contributed by atoms with van der Waals surface area (Å²) in [4.78, 5) is 17.8. The molecule has 6 rings (SSSR count). The van der Waals surface area contributed by atoms with Crippen LogP contribution in [0.15, 0.2) is 60.8 Å². The Bertz CT molecular complexity index is 1580. The number of carbonyl (C=O) groups excluding carboxylic acids is 1. The molecule has 1 atom stereocenters. The molecule has 5 aromatic rings. The standard InChI is InChI=1S/C29H29N5O3/c1-18-27(33(2)32-31-18)21-16-24-26(30-17-21)25-22(29(35)36-3)10-7-11-23(25)34(24)28(19-8-5-4-6-9-19)20-12-14-37-15-13-20/h4-11,16-17,20,28H,12-15H2,1-3H3/t28-/m1/s1. The van der Waals surface area contributed by atoms with E-state index in [1.807, 2.05) is 38.4 Å². The average Bonchev–Trinajstić information content (AvgIpc) is 3.45. The summed E-state index contributed by atoms with van der Waals surface area (Å²) >= 11 is 0. The van der Waals surface area contributed by atoms with E-state index < -0.39 is 0 Å². The minimum atomic E-state index is -0.371. The second kappa shape index (κ2) is 9.44. The summed E-state index contributed by atoms with van der Waals surface area (Å²) in [7, 11) is 3.30. The summed E-state index contributed by atoms with van der Waals surface area (Å²) in [6, 6.07) is 18.6. The molecule has 188 valence electrons. The molecule has 8 heteroatoms. The van der Waals surface area contributed by atoms with E-state index in [2.05, 4.69) is 51.3 Å². The first-order chi connectivity index (χ1) is 18.1. The summed E-state index contributed by atoms with van der Waals surface area (Å²) in [5.41, 5.74) is 7.13. The Hall–Kier alpha value is -4.04. The highest BCUT2D eigenvalue weighted by Gasteiger charge is 2.31. The van der Waals surface area contributed by atoms with Crippen LogP contribution >= 0.6 is 0 Å². The van der Waals surface area contributed by atoms with Gasteiger partial charge in [0.15, 0.2) is 0 Å². The molecule has 0 N–H and O–H groups in total. The second-order valence-electron chi connectivity index (χ2n) is 9.61. The van der Waals surface area contributed by atoms with Crippen LogP contribution in [-0.4, -0.2) is 50.8 Å². The van der Waals surface area contributed by atoms with Gasteiger partial charge in [0.05, 0.1) is 46.7 Å². The van der Waals surface area contributed by atoms with Crippen LogP contribution in [0.25, 0.3) is 33.2 Å². The Kier molecular flexibility index (Phi) is 5.96. The number of esters is 1. The van der Waals surface area contributed by atoms with E-state index in [-0.39, 0.29) is 12.0 Å². The van der Waals surface area contributed by atoms with E-state index in [4.69, 9.17) is 14.5 Å². The number of pyridine rings is 1. The van der Waals surface area contributed by atoms with Crippen LogP contribution in [-0.2, 0) is 16.5 Å². The van der Waals surface area contributed by atoms with Crippen molar-refractivity contribution in [3.8, 4) is 11.3 Å². The van der Waals surface area contributed by atoms with Crippen LogP contribution < -0.4 is 0 Å². The molecule has 1 saturated heterocycles. The molecule has 0 radical (unpaired) electrons. The molecule has 4 heterocycles. The van der Waals surface area contributed by atoms with Gasteiger partial charge >= 0.3 is 5.97 Å². The SMILES string of the molecule is COC(=O)c1cccc2c1c1ncc(-c3c(C)nnn3C)cc1n2[C@H](c1ccccc1)C1CCOCC1. The topological polar surface area (TPSA) is 84.1 Å². The third-order valence-corrected chi connectivity index (χ3v) is 7.47. The van der Waals surface area contributed by atoms with E-state index in [1.54, 1.807) is 4.68 Å². The minimum Gasteiger partial charge on any atom is -0.465 e. The highest BCUT2D eigenvalue weighted by molar-refractivity contribution is 6.16. The van der Waals surface area contributed by atoms with Crippen molar-refractivity contribution in [2.75, 3.05) is 20.3 Å². The number of aromatic nitrogens is 5. The molecule has 0 amide bonds. The number of nitrogens with zero attached hydrogens (tertiary/aromatic N) is 5. The third kappa shape index (κ3) is 3.88. The Labute approximate surface area is 214 Å². The minimum absolute atomic E-state index is 0.0424. The molecular formula is C29H29N5O3. The van der Waals surface area contributed by atoms with E-state index in [0.29, 0.717) is 11.5 Å². The van der Waals surface area contributed by atoms with Gasteiger partial charge in [-0.15, -0.1) is 5.10 Å². The van der Waals surface area contributed by atoms with E-state index in [9.17, 15) is 4.79 Å². The lowest BCUT2D eigenvalue weighted by Crippen LogP contribution is -2.26. The first-order valence-corrected chi connectivity index (χ1v) is 12.6. The lowest BCUT2D eigenvalue weighted by molar-refractivity contribution is 0.0553. The van der Waals surface area contributed by atoms with Crippen molar-refractivity contribution in [2.45, 2.75) is 25.8 Å². The van der Waals surface area contributed by atoms with Gasteiger partial charge in [0.2, 0.25) is 0 Å². The van der Waals surface area contributed by atoms with Crippen molar-refractivity contribution >= 4 is 27.9 Å². The van der Waals surface area contributed by atoms with Gasteiger partial charge < -0.3 is 14.0 Å². The number of methoxy groups -OCH3 is 1. The van der Waals surface area contributed by atoms with Gasteiger partial charge in [-0.25, -0.2) is 9.48 Å². The van der Waals surface area contributed by atoms with Crippen molar-refractivity contribution in [3.05, 3.63) is 77.6 Å². The first-order valence-electron chi connectivity index (χ1n) is 12.6. The van der Waals surface area contributed by atoms with Gasteiger partial charge in [0, 0.05) is 37.4 Å². The normalized spacial score (nSPS) is 15.3. The van der Waals surface area contributed by atoms with Gasteiger partial charge in [-0.05, 0) is 49.4 Å². The Morgan fingerprint density at radius 1 is 1.08 bits per heavy atom. The molecule has 2 aromatic carbocycles. The lowest BCUT2D eigenvalue weighted by atomic mass is 9.86. The third-order valence-electron chi connectivity index (χ3n) is 7.47. The molecule has 0 unspecified atom stereocenters. The van der Waals surface area contributed by atoms with E-state index in [1.165, 1.54) is 12.7 Å². The molecule has 0 saturated carbocycles. The van der Waals surface area contributed by atoms with Gasteiger partial charge in [-0.1, -0.05) is 41.6 Å². The largest absolute Gasteiger partial charge is 0.465 e. The number of rotatable bonds is 5. The highest BCUT2D eigenvalue weighted by Crippen LogP contribution is 2.42. The molecule has 1 fully saturated rings. The maximum Gasteiger partial charge on any atom is 0.338 e. The number of hydrogen-bond acceptors (Lipinski definition) is 6. The average molecular weight is 496 g/mol. The summed E-state index contributed by atoms with van der Waals surface area (Å²) < 4.78 is 15.1. The van der Waals surface area contributed by atoms with Gasteiger partial charge in [0.25, 0.3) is 0 Å². The van der Waals surface area contributed by atoms with Crippen molar-refractivity contribution in [3.63, 3.8) is 0 Å². The molecule has 37 heavy (non-hydrogen) atoms. The maximum atomic E-state index is 12.9. The number of ether oxygens (including phenoxy) is 2. The zero-order chi connectivity index (χ0) is 25.5. The monoisotopic (exact) mass is 495 g/mol. The van der Waals surface area contributed by atoms with Gasteiger partial charge in [0.1, 0.15) is 0 Å². The smallest absolute Gasteiger partial charge is 0.338 e. The Morgan fingerprint density at radius 3 is 2.57 bits per heavy atom. The fraction of sp³-hybridized carbons (Fsp3) is 0.310. The summed E-state index contributed by atoms with van der Waals surface area (Å²) in [6.45, 7) is 3.43. The predicted octanol–water partition coefficient (Wildman–Crippen LogP) is 5.10. The zero-order valence-corrected chi connectivity index (χ0v) is 21.2. The van der Waals surface area contributed by atoms with Crippen molar-refractivity contribution in [1.29, 1.82) is 0 Å². The lowest BCUT2D eigenvalue weighted by Gasteiger charge is -2.33. The molecule has 1 aliphatic heterocycles. The molecule has 8 nitrogen and oxygen atoms in total. The Morgan fingerprint density at radius 2 is 1.86 bits per heavy atom. The van der Waals surface area contributed by atoms with Crippen LogP contribution in [0.3, 0.4) is 0 Å². The maximum absolute atomic E-state index is 12.9. The zero-order valence-electron chi connectivity index (χ0n) is 21.2. The fourth-order valence-electron chi connectivity index (χ4n) is 5.83. The molecule has 0 aliphatic carbocycles. The molecule has 0 spiro atoms. The quantitative estimate of drug-likeness (QED) is 0.316. The van der Waals surface area contributed by atoms with Gasteiger partial charge in [-0.3, -0.25) is 4.98 Å². The van der Waals surface area contributed by atoms with Crippen LogP contribution in [0.2, 0.25) is 0 Å². The molecule has 1 aliphatic rings. The van der Waals surface area contributed by atoms with Crippen molar-refractivity contribution in [1.82, 2.24) is 24.5 Å². The number of carbonyl (C=O) groups is 1. The van der Waals surface area contributed by atoms with Gasteiger partial charge in [-0.2, -0.15) is 0 Å². The summed E-state index contributed by atoms with van der Waals surface area (Å²) in [5, 5.41) is 9.25. The predicted molar refractivity (Wildman–Crippen MR) is 141 cm³/mol. The number of benzene rings is 2. The van der Waals surface area contributed by atoms with Crippen molar-refractivity contribution < 1.29 is 14.3 Å². The van der Waals surface area contributed by atoms with E-state index in [0.717, 1.165) is 64.9 Å². The van der Waals surface area contributed by atoms with Crippen LogP contribution in [0.5, 0.6) is 0 Å². The summed E-state index contributed by atoms with van der Waals surface area (Å²) in [6.07, 6.45) is 3.75. The number of hydrogen-bond donors (Lipinski definition) is 0. The van der Waals surface area contributed by atoms with Crippen LogP contribution in [0.1, 0.15) is 40.5 Å². The number of aryl methyl sites for hydroxylation is 2. The molecule has 3 aromatic heterocycles. The summed E-state index contributed by atoms with van der Waals surface area (Å²) in [5.74, 6) is -0.00923. The Balaban J connectivity index is 1.71. The fourth-order valence-corrected chi connectivity index (χ4v) is 5.83.